The van der Waals surface area contributed by atoms with Crippen molar-refractivity contribution in [1.82, 2.24) is 10.6 Å². The summed E-state index contributed by atoms with van der Waals surface area (Å²) in [6, 6.07) is -0.762. The molecule has 0 fully saturated rings. The van der Waals surface area contributed by atoms with E-state index in [2.05, 4.69) is 11.2 Å². The van der Waals surface area contributed by atoms with Gasteiger partial charge in [0, 0.05) is 12.5 Å². The van der Waals surface area contributed by atoms with Gasteiger partial charge in [-0.2, -0.15) is 13.2 Å². The van der Waals surface area contributed by atoms with Gasteiger partial charge in [0.05, 0.1) is 6.04 Å². The molecule has 0 radical (unpaired) electrons. The number of rotatable bonds is 6. The summed E-state index contributed by atoms with van der Waals surface area (Å²) in [4.78, 5) is 11.3. The Kier molecular flexibility index (Phi) is 6.66. The van der Waals surface area contributed by atoms with Crippen LogP contribution in [0, 0.1) is 12.3 Å². The van der Waals surface area contributed by atoms with Crippen molar-refractivity contribution in [2.45, 2.75) is 44.9 Å². The molecule has 2 unspecified atom stereocenters. The van der Waals surface area contributed by atoms with E-state index in [9.17, 15) is 18.0 Å². The lowest BCUT2D eigenvalue weighted by Gasteiger charge is -2.20. The lowest BCUT2D eigenvalue weighted by Crippen LogP contribution is -2.48. The molecule has 0 aliphatic carbocycles. The van der Waals surface area contributed by atoms with Crippen LogP contribution in [0.1, 0.15) is 26.7 Å². The van der Waals surface area contributed by atoms with Crippen molar-refractivity contribution in [2.75, 3.05) is 6.54 Å². The smallest absolute Gasteiger partial charge is 0.346 e. The molecule has 0 aromatic rings. The number of terminal acetylenes is 1. The van der Waals surface area contributed by atoms with E-state index < -0.39 is 24.7 Å². The highest BCUT2D eigenvalue weighted by Gasteiger charge is 2.28. The van der Waals surface area contributed by atoms with Crippen LogP contribution in [-0.2, 0) is 4.79 Å². The number of nitrogens with one attached hydrogen (secondary N) is 2. The highest BCUT2D eigenvalue weighted by atomic mass is 19.4. The normalized spacial score (nSPS) is 14.8. The first-order chi connectivity index (χ1) is 7.80. The second kappa shape index (κ2) is 7.17. The van der Waals surface area contributed by atoms with Crippen molar-refractivity contribution in [3.8, 4) is 12.3 Å². The van der Waals surface area contributed by atoms with E-state index in [0.29, 0.717) is 12.8 Å². The number of carbonyl (C=O) groups is 1. The van der Waals surface area contributed by atoms with Crippen LogP contribution in [0.4, 0.5) is 13.2 Å². The molecule has 0 saturated heterocycles. The summed E-state index contributed by atoms with van der Waals surface area (Å²) < 4.78 is 35.6. The lowest BCUT2D eigenvalue weighted by molar-refractivity contribution is -0.139. The molecule has 2 N–H and O–H groups in total. The lowest BCUT2D eigenvalue weighted by atomic mass is 10.1. The Hall–Kier alpha value is -1.22. The first kappa shape index (κ1) is 15.8. The SMILES string of the molecule is C#CCC(CC)NC(C)C(=O)NCC(F)(F)F. The van der Waals surface area contributed by atoms with Gasteiger partial charge in [0.1, 0.15) is 6.54 Å². The highest BCUT2D eigenvalue weighted by molar-refractivity contribution is 5.81. The summed E-state index contributed by atoms with van der Waals surface area (Å²) in [5.41, 5.74) is 0. The van der Waals surface area contributed by atoms with Gasteiger partial charge in [-0.05, 0) is 13.3 Å². The van der Waals surface area contributed by atoms with Gasteiger partial charge in [-0.3, -0.25) is 4.79 Å². The molecule has 0 aliphatic heterocycles. The Balaban J connectivity index is 4.09. The third kappa shape index (κ3) is 7.64. The van der Waals surface area contributed by atoms with Crippen LogP contribution in [0.25, 0.3) is 0 Å². The van der Waals surface area contributed by atoms with Crippen LogP contribution in [0.15, 0.2) is 0 Å². The average molecular weight is 250 g/mol. The van der Waals surface area contributed by atoms with Gasteiger partial charge < -0.3 is 10.6 Å². The molecular weight excluding hydrogens is 233 g/mol. The fourth-order valence-electron chi connectivity index (χ4n) is 1.23. The van der Waals surface area contributed by atoms with Crippen LogP contribution in [0.2, 0.25) is 0 Å². The van der Waals surface area contributed by atoms with Gasteiger partial charge in [0.15, 0.2) is 0 Å². The van der Waals surface area contributed by atoms with Gasteiger partial charge >= 0.3 is 6.18 Å². The van der Waals surface area contributed by atoms with E-state index in [-0.39, 0.29) is 6.04 Å². The summed E-state index contributed by atoms with van der Waals surface area (Å²) in [7, 11) is 0. The van der Waals surface area contributed by atoms with Gasteiger partial charge in [-0.15, -0.1) is 12.3 Å². The summed E-state index contributed by atoms with van der Waals surface area (Å²) in [5.74, 6) is 1.76. The Labute approximate surface area is 99.1 Å². The molecule has 6 heteroatoms. The molecule has 0 aromatic heterocycles. The molecule has 17 heavy (non-hydrogen) atoms. The minimum atomic E-state index is -4.39. The largest absolute Gasteiger partial charge is 0.405 e. The van der Waals surface area contributed by atoms with Crippen LogP contribution < -0.4 is 10.6 Å². The quantitative estimate of drug-likeness (QED) is 0.700. The second-order valence-corrected chi connectivity index (χ2v) is 3.73. The molecule has 0 aliphatic rings. The summed E-state index contributed by atoms with van der Waals surface area (Å²) in [6.07, 6.45) is 1.89. The number of hydrogen-bond acceptors (Lipinski definition) is 2. The van der Waals surface area contributed by atoms with E-state index >= 15 is 0 Å². The van der Waals surface area contributed by atoms with E-state index in [1.807, 2.05) is 12.2 Å². The van der Waals surface area contributed by atoms with Crippen molar-refractivity contribution in [3.63, 3.8) is 0 Å². The topological polar surface area (TPSA) is 41.1 Å². The van der Waals surface area contributed by atoms with Crippen molar-refractivity contribution >= 4 is 5.91 Å². The maximum absolute atomic E-state index is 11.9. The molecule has 0 heterocycles. The van der Waals surface area contributed by atoms with Gasteiger partial charge in [-0.25, -0.2) is 0 Å². The molecule has 0 bridgehead atoms. The molecule has 2 atom stereocenters. The molecule has 0 aromatic carbocycles. The monoisotopic (exact) mass is 250 g/mol. The maximum atomic E-state index is 11.9. The first-order valence-corrected chi connectivity index (χ1v) is 5.34. The third-order valence-corrected chi connectivity index (χ3v) is 2.20. The second-order valence-electron chi connectivity index (χ2n) is 3.73. The zero-order valence-corrected chi connectivity index (χ0v) is 9.90. The maximum Gasteiger partial charge on any atom is 0.405 e. The van der Waals surface area contributed by atoms with E-state index in [1.54, 1.807) is 0 Å². The molecule has 98 valence electrons. The molecule has 0 saturated carbocycles. The van der Waals surface area contributed by atoms with Crippen molar-refractivity contribution in [1.29, 1.82) is 0 Å². The van der Waals surface area contributed by atoms with Gasteiger partial charge in [-0.1, -0.05) is 6.92 Å². The highest BCUT2D eigenvalue weighted by Crippen LogP contribution is 2.12. The van der Waals surface area contributed by atoms with E-state index in [1.165, 1.54) is 6.92 Å². The van der Waals surface area contributed by atoms with Crippen LogP contribution >= 0.6 is 0 Å². The van der Waals surface area contributed by atoms with Gasteiger partial charge in [0.25, 0.3) is 0 Å². The summed E-state index contributed by atoms with van der Waals surface area (Å²) in [5, 5.41) is 4.70. The minimum absolute atomic E-state index is 0.0633. The van der Waals surface area contributed by atoms with Crippen molar-refractivity contribution < 1.29 is 18.0 Å². The number of amides is 1. The molecule has 0 spiro atoms. The minimum Gasteiger partial charge on any atom is -0.346 e. The Morgan fingerprint density at radius 2 is 2.06 bits per heavy atom. The van der Waals surface area contributed by atoms with Gasteiger partial charge in [0.2, 0.25) is 5.91 Å². The summed E-state index contributed by atoms with van der Waals surface area (Å²) in [6.45, 7) is 2.07. The molecule has 0 rings (SSSR count). The zero-order valence-electron chi connectivity index (χ0n) is 9.90. The van der Waals surface area contributed by atoms with Crippen LogP contribution in [-0.4, -0.2) is 30.7 Å². The number of halogens is 3. The Morgan fingerprint density at radius 1 is 1.47 bits per heavy atom. The van der Waals surface area contributed by atoms with Crippen LogP contribution in [0.5, 0.6) is 0 Å². The predicted octanol–water partition coefficient (Wildman–Crippen LogP) is 1.44. The van der Waals surface area contributed by atoms with Crippen LogP contribution in [0.3, 0.4) is 0 Å². The summed E-state index contributed by atoms with van der Waals surface area (Å²) >= 11 is 0. The van der Waals surface area contributed by atoms with Crippen molar-refractivity contribution in [2.24, 2.45) is 0 Å². The molecule has 3 nitrogen and oxygen atoms in total. The standard InChI is InChI=1S/C11H17F3N2O/c1-4-6-9(5-2)16-8(3)10(17)15-7-11(12,13)14/h1,8-9,16H,5-7H2,2-3H3,(H,15,17). The third-order valence-electron chi connectivity index (χ3n) is 2.20. The van der Waals surface area contributed by atoms with Crippen molar-refractivity contribution in [3.05, 3.63) is 0 Å². The predicted molar refractivity (Wildman–Crippen MR) is 59.2 cm³/mol. The Bertz CT molecular complexity index is 283. The number of hydrogen-bond donors (Lipinski definition) is 2. The Morgan fingerprint density at radius 3 is 2.47 bits per heavy atom. The first-order valence-electron chi connectivity index (χ1n) is 5.34. The van der Waals surface area contributed by atoms with E-state index in [0.717, 1.165) is 0 Å². The molecular formula is C11H17F3N2O. The molecule has 1 amide bonds. The fraction of sp³-hybridized carbons (Fsp3) is 0.727. The average Bonchev–Trinajstić information content (AvgIpc) is 2.23. The number of carbonyl (C=O) groups excluding carboxylic acids is 1. The number of alkyl halides is 3. The van der Waals surface area contributed by atoms with E-state index in [4.69, 9.17) is 6.42 Å². The zero-order chi connectivity index (χ0) is 13.5. The fourth-order valence-corrected chi connectivity index (χ4v) is 1.23.